The van der Waals surface area contributed by atoms with Gasteiger partial charge in [0.2, 0.25) is 5.91 Å². The van der Waals surface area contributed by atoms with Gasteiger partial charge in [0.1, 0.15) is 5.60 Å². The highest BCUT2D eigenvalue weighted by atomic mass is 16.6. The molecule has 1 aliphatic heterocycles. The fourth-order valence-electron chi connectivity index (χ4n) is 2.47. The van der Waals surface area contributed by atoms with Crippen LogP contribution in [0, 0.1) is 0 Å². The number of benzene rings is 1. The number of imide groups is 1. The minimum absolute atomic E-state index is 0.00782. The van der Waals surface area contributed by atoms with Gasteiger partial charge < -0.3 is 9.64 Å². The van der Waals surface area contributed by atoms with E-state index in [1.165, 1.54) is 4.90 Å². The molecule has 3 amide bonds. The van der Waals surface area contributed by atoms with Gasteiger partial charge in [0, 0.05) is 13.5 Å². The number of carbonyl (C=O) groups excluding carboxylic acids is 3. The quantitative estimate of drug-likeness (QED) is 0.803. The summed E-state index contributed by atoms with van der Waals surface area (Å²) < 4.78 is 5.27. The molecule has 0 aliphatic carbocycles. The summed E-state index contributed by atoms with van der Waals surface area (Å²) in [6.45, 7) is 5.34. The highest BCUT2D eigenvalue weighted by molar-refractivity contribution is 6.16. The van der Waals surface area contributed by atoms with Gasteiger partial charge in [0.15, 0.2) is 0 Å². The number of ether oxygens (including phenoxy) is 1. The lowest BCUT2D eigenvalue weighted by Crippen LogP contribution is -2.56. The largest absolute Gasteiger partial charge is 0.460 e. The number of urea groups is 1. The predicted molar refractivity (Wildman–Crippen MR) is 86.0 cm³/mol. The van der Waals surface area contributed by atoms with Crippen LogP contribution in [0.25, 0.3) is 0 Å². The van der Waals surface area contributed by atoms with Gasteiger partial charge in [-0.3, -0.25) is 9.59 Å². The Morgan fingerprint density at radius 2 is 1.83 bits per heavy atom. The first-order valence-corrected chi connectivity index (χ1v) is 7.55. The number of amides is 3. The molecule has 2 rings (SSSR count). The van der Waals surface area contributed by atoms with Crippen LogP contribution >= 0.6 is 0 Å². The van der Waals surface area contributed by atoms with E-state index in [0.717, 1.165) is 4.90 Å². The van der Waals surface area contributed by atoms with Gasteiger partial charge in [0.05, 0.1) is 18.2 Å². The topological polar surface area (TPSA) is 66.9 Å². The summed E-state index contributed by atoms with van der Waals surface area (Å²) in [5, 5.41) is 0. The van der Waals surface area contributed by atoms with Crippen LogP contribution in [-0.2, 0) is 14.3 Å². The van der Waals surface area contributed by atoms with Crippen molar-refractivity contribution in [3.8, 4) is 0 Å². The maximum atomic E-state index is 12.5. The van der Waals surface area contributed by atoms with Gasteiger partial charge in [-0.15, -0.1) is 0 Å². The van der Waals surface area contributed by atoms with Crippen molar-refractivity contribution in [2.24, 2.45) is 0 Å². The summed E-state index contributed by atoms with van der Waals surface area (Å²) in [5.74, 6) is -0.726. The van der Waals surface area contributed by atoms with Crippen molar-refractivity contribution in [2.75, 3.05) is 11.9 Å². The molecule has 1 aliphatic rings. The number of rotatable bonds is 3. The van der Waals surface area contributed by atoms with Crippen molar-refractivity contribution in [3.63, 3.8) is 0 Å². The molecule has 0 bridgehead atoms. The molecule has 0 unspecified atom stereocenters. The average Bonchev–Trinajstić information content (AvgIpc) is 2.43. The Balaban J connectivity index is 2.10. The molecule has 0 N–H and O–H groups in total. The molecule has 0 saturated carbocycles. The van der Waals surface area contributed by atoms with Crippen LogP contribution in [0.1, 0.15) is 33.6 Å². The standard InChI is InChI=1S/C17H22N2O4/c1-17(2,3)23-15(21)11-13-10-14(20)19(16(22)18(13)4)12-8-6-5-7-9-12/h5-9,13H,10-11H2,1-4H3/t13-/m0/s1. The summed E-state index contributed by atoms with van der Waals surface area (Å²) in [5.41, 5.74) is -0.0564. The van der Waals surface area contributed by atoms with E-state index in [9.17, 15) is 14.4 Å². The fourth-order valence-corrected chi connectivity index (χ4v) is 2.47. The Kier molecular flexibility index (Phi) is 4.73. The van der Waals surface area contributed by atoms with Crippen LogP contribution in [0.5, 0.6) is 0 Å². The maximum Gasteiger partial charge on any atom is 0.331 e. The van der Waals surface area contributed by atoms with E-state index >= 15 is 0 Å². The molecule has 0 radical (unpaired) electrons. The number of esters is 1. The van der Waals surface area contributed by atoms with E-state index in [1.54, 1.807) is 52.1 Å². The summed E-state index contributed by atoms with van der Waals surface area (Å²) in [7, 11) is 1.60. The van der Waals surface area contributed by atoms with Crippen LogP contribution in [0.2, 0.25) is 0 Å². The zero-order valence-corrected chi connectivity index (χ0v) is 13.9. The zero-order valence-electron chi connectivity index (χ0n) is 13.9. The van der Waals surface area contributed by atoms with Crippen LogP contribution in [0.4, 0.5) is 10.5 Å². The van der Waals surface area contributed by atoms with E-state index in [4.69, 9.17) is 4.74 Å². The van der Waals surface area contributed by atoms with Crippen molar-refractivity contribution in [2.45, 2.75) is 45.3 Å². The van der Waals surface area contributed by atoms with E-state index in [2.05, 4.69) is 0 Å². The third-order valence-electron chi connectivity index (χ3n) is 3.54. The summed E-state index contributed by atoms with van der Waals surface area (Å²) in [6.07, 6.45) is 0.101. The fraction of sp³-hybridized carbons (Fsp3) is 0.471. The number of carbonyl (C=O) groups is 3. The van der Waals surface area contributed by atoms with Crippen LogP contribution in [-0.4, -0.2) is 41.5 Å². The summed E-state index contributed by atoms with van der Waals surface area (Å²) >= 11 is 0. The maximum absolute atomic E-state index is 12.5. The lowest BCUT2D eigenvalue weighted by molar-refractivity contribution is -0.156. The van der Waals surface area contributed by atoms with Gasteiger partial charge in [0.25, 0.3) is 0 Å². The van der Waals surface area contributed by atoms with Gasteiger partial charge in [-0.25, -0.2) is 9.69 Å². The van der Waals surface area contributed by atoms with Crippen LogP contribution in [0.3, 0.4) is 0 Å². The number of anilines is 1. The Morgan fingerprint density at radius 1 is 1.22 bits per heavy atom. The molecular formula is C17H22N2O4. The smallest absolute Gasteiger partial charge is 0.331 e. The third kappa shape index (κ3) is 4.09. The molecule has 0 spiro atoms. The Morgan fingerprint density at radius 3 is 2.39 bits per heavy atom. The minimum atomic E-state index is -0.589. The Labute approximate surface area is 136 Å². The van der Waals surface area contributed by atoms with E-state index < -0.39 is 23.6 Å². The Bertz CT molecular complexity index is 607. The molecule has 124 valence electrons. The number of para-hydroxylation sites is 1. The molecular weight excluding hydrogens is 296 g/mol. The highest BCUT2D eigenvalue weighted by Crippen LogP contribution is 2.25. The molecule has 6 heteroatoms. The normalized spacial score (nSPS) is 19.0. The van der Waals surface area contributed by atoms with Gasteiger partial charge in [-0.1, -0.05) is 18.2 Å². The molecule has 6 nitrogen and oxygen atoms in total. The molecule has 0 aromatic heterocycles. The molecule has 1 atom stereocenters. The monoisotopic (exact) mass is 318 g/mol. The van der Waals surface area contributed by atoms with Gasteiger partial charge in [-0.2, -0.15) is 0 Å². The second-order valence-electron chi connectivity index (χ2n) is 6.61. The zero-order chi connectivity index (χ0) is 17.2. The molecule has 1 aromatic carbocycles. The molecule has 1 fully saturated rings. The first-order valence-electron chi connectivity index (χ1n) is 7.55. The van der Waals surface area contributed by atoms with E-state index in [-0.39, 0.29) is 18.7 Å². The predicted octanol–water partition coefficient (Wildman–Crippen LogP) is 2.58. The summed E-state index contributed by atoms with van der Waals surface area (Å²) in [6, 6.07) is 7.85. The first kappa shape index (κ1) is 17.0. The lowest BCUT2D eigenvalue weighted by atomic mass is 10.0. The second kappa shape index (κ2) is 6.40. The van der Waals surface area contributed by atoms with Crippen molar-refractivity contribution >= 4 is 23.6 Å². The minimum Gasteiger partial charge on any atom is -0.460 e. The first-order chi connectivity index (χ1) is 10.7. The molecule has 1 heterocycles. The average molecular weight is 318 g/mol. The lowest BCUT2D eigenvalue weighted by Gasteiger charge is -2.37. The van der Waals surface area contributed by atoms with E-state index in [0.29, 0.717) is 5.69 Å². The molecule has 23 heavy (non-hydrogen) atoms. The van der Waals surface area contributed by atoms with Gasteiger partial charge >= 0.3 is 12.0 Å². The van der Waals surface area contributed by atoms with Gasteiger partial charge in [-0.05, 0) is 32.9 Å². The third-order valence-corrected chi connectivity index (χ3v) is 3.54. The molecule has 1 saturated heterocycles. The highest BCUT2D eigenvalue weighted by Gasteiger charge is 2.39. The number of hydrogen-bond acceptors (Lipinski definition) is 4. The SMILES string of the molecule is CN1C(=O)N(c2ccccc2)C(=O)C[C@H]1CC(=O)OC(C)(C)C. The van der Waals surface area contributed by atoms with Crippen molar-refractivity contribution < 1.29 is 19.1 Å². The van der Waals surface area contributed by atoms with Crippen LogP contribution in [0.15, 0.2) is 30.3 Å². The van der Waals surface area contributed by atoms with Crippen molar-refractivity contribution in [1.29, 1.82) is 0 Å². The van der Waals surface area contributed by atoms with Crippen molar-refractivity contribution in [3.05, 3.63) is 30.3 Å². The Hall–Kier alpha value is -2.37. The second-order valence-corrected chi connectivity index (χ2v) is 6.61. The number of nitrogens with zero attached hydrogens (tertiary/aromatic N) is 2. The van der Waals surface area contributed by atoms with Crippen LogP contribution < -0.4 is 4.90 Å². The summed E-state index contributed by atoms with van der Waals surface area (Å²) in [4.78, 5) is 39.4. The molecule has 1 aromatic rings. The number of hydrogen-bond donors (Lipinski definition) is 0. The van der Waals surface area contributed by atoms with E-state index in [1.807, 2.05) is 6.07 Å². The van der Waals surface area contributed by atoms with Crippen molar-refractivity contribution in [1.82, 2.24) is 4.90 Å².